The fourth-order valence-electron chi connectivity index (χ4n) is 5.29. The average Bonchev–Trinajstić information content (AvgIpc) is 3.57. The van der Waals surface area contributed by atoms with Gasteiger partial charge in [0.2, 0.25) is 5.91 Å². The Kier molecular flexibility index (Phi) is 6.56. The van der Waals surface area contributed by atoms with Crippen molar-refractivity contribution < 1.29 is 22.4 Å². The van der Waals surface area contributed by atoms with Crippen LogP contribution < -0.4 is 15.0 Å². The van der Waals surface area contributed by atoms with E-state index in [9.17, 15) is 13.2 Å². The van der Waals surface area contributed by atoms with Crippen LogP contribution in [0.5, 0.6) is 5.75 Å². The number of hydrogen-bond donors (Lipinski definition) is 1. The van der Waals surface area contributed by atoms with Gasteiger partial charge in [-0.25, -0.2) is 8.42 Å². The number of furan rings is 1. The topological polar surface area (TPSA) is 88.8 Å². The van der Waals surface area contributed by atoms with Crippen molar-refractivity contribution >= 4 is 21.4 Å². The number of ether oxygens (including phenoxy) is 1. The predicted molar refractivity (Wildman–Crippen MR) is 144 cm³/mol. The third-order valence-corrected chi connectivity index (χ3v) is 9.27. The Labute approximate surface area is 218 Å². The number of hydrogen-bond acceptors (Lipinski definition) is 6. The lowest BCUT2D eigenvalue weighted by Crippen LogP contribution is -2.41. The van der Waals surface area contributed by atoms with E-state index in [0.717, 1.165) is 46.5 Å². The molecule has 1 N–H and O–H groups in total. The minimum absolute atomic E-state index is 0.0381. The first-order valence-electron chi connectivity index (χ1n) is 12.7. The molecule has 0 radical (unpaired) electrons. The number of benzene rings is 2. The van der Waals surface area contributed by atoms with E-state index in [1.54, 1.807) is 7.11 Å². The summed E-state index contributed by atoms with van der Waals surface area (Å²) in [5.41, 5.74) is 4.38. The Bertz CT molecular complexity index is 1420. The van der Waals surface area contributed by atoms with Gasteiger partial charge in [-0.05, 0) is 74.6 Å². The third kappa shape index (κ3) is 4.99. The molecule has 5 rings (SSSR count). The monoisotopic (exact) mass is 522 g/mol. The first kappa shape index (κ1) is 25.4. The summed E-state index contributed by atoms with van der Waals surface area (Å²) in [6.45, 7) is 6.83. The summed E-state index contributed by atoms with van der Waals surface area (Å²) in [6.07, 6.45) is 1.49. The molecular formula is C29H34N2O5S. The minimum Gasteiger partial charge on any atom is -0.495 e. The van der Waals surface area contributed by atoms with Gasteiger partial charge in [-0.2, -0.15) is 0 Å². The van der Waals surface area contributed by atoms with Crippen molar-refractivity contribution in [1.29, 1.82) is 0 Å². The molecule has 2 aliphatic rings. The second-order valence-electron chi connectivity index (χ2n) is 10.3. The fraction of sp³-hybridized carbons (Fsp3) is 0.414. The molecule has 2 fully saturated rings. The lowest BCUT2D eigenvalue weighted by atomic mass is 9.92. The average molecular weight is 523 g/mol. The second kappa shape index (κ2) is 9.56. The lowest BCUT2D eigenvalue weighted by Gasteiger charge is -2.31. The van der Waals surface area contributed by atoms with Gasteiger partial charge in [0, 0.05) is 13.1 Å². The highest BCUT2D eigenvalue weighted by atomic mass is 32.2. The zero-order valence-corrected chi connectivity index (χ0v) is 22.7. The van der Waals surface area contributed by atoms with Gasteiger partial charge in [0.15, 0.2) is 9.84 Å². The van der Waals surface area contributed by atoms with Crippen LogP contribution in [0.25, 0.3) is 0 Å². The standard InChI is InChI=1S/C29H34N2O5S/c1-19-5-8-23(20(2)17-19)27(26-9-6-21(3)36-26)30-28(32)29(11-12-29)22-7-10-25(35-4)24(18-22)31-13-15-37(33,34)16-14-31/h5-10,17-18,27H,11-16H2,1-4H3,(H,30,32). The first-order chi connectivity index (χ1) is 17.6. The molecule has 1 unspecified atom stereocenters. The second-order valence-corrected chi connectivity index (χ2v) is 12.6. The van der Waals surface area contributed by atoms with E-state index in [4.69, 9.17) is 9.15 Å². The molecule has 196 valence electrons. The third-order valence-electron chi connectivity index (χ3n) is 7.66. The lowest BCUT2D eigenvalue weighted by molar-refractivity contribution is -0.124. The van der Waals surface area contributed by atoms with Gasteiger partial charge in [-0.15, -0.1) is 0 Å². The largest absolute Gasteiger partial charge is 0.495 e. The quantitative estimate of drug-likeness (QED) is 0.495. The Balaban J connectivity index is 1.46. The molecule has 1 saturated carbocycles. The number of amides is 1. The molecule has 7 nitrogen and oxygen atoms in total. The van der Waals surface area contributed by atoms with E-state index in [1.165, 1.54) is 0 Å². The predicted octanol–water partition coefficient (Wildman–Crippen LogP) is 4.39. The summed E-state index contributed by atoms with van der Waals surface area (Å²) in [5.74, 6) is 2.38. The maximum Gasteiger partial charge on any atom is 0.231 e. The van der Waals surface area contributed by atoms with Gasteiger partial charge in [0.1, 0.15) is 23.3 Å². The molecule has 1 aromatic heterocycles. The molecule has 2 heterocycles. The van der Waals surface area contributed by atoms with Crippen LogP contribution in [0.3, 0.4) is 0 Å². The minimum atomic E-state index is -3.01. The van der Waals surface area contributed by atoms with Crippen molar-refractivity contribution in [3.8, 4) is 5.75 Å². The Hall–Kier alpha value is -3.26. The van der Waals surface area contributed by atoms with Gasteiger partial charge < -0.3 is 19.4 Å². The summed E-state index contributed by atoms with van der Waals surface area (Å²) in [6, 6.07) is 15.5. The highest BCUT2D eigenvalue weighted by Gasteiger charge is 2.52. The molecular weight excluding hydrogens is 488 g/mol. The number of nitrogens with one attached hydrogen (secondary N) is 1. The van der Waals surface area contributed by atoms with Crippen LogP contribution >= 0.6 is 0 Å². The van der Waals surface area contributed by atoms with Gasteiger partial charge in [-0.3, -0.25) is 4.79 Å². The zero-order chi connectivity index (χ0) is 26.4. The molecule has 1 atom stereocenters. The van der Waals surface area contributed by atoms with Crippen LogP contribution in [0.15, 0.2) is 52.9 Å². The number of nitrogens with zero attached hydrogens (tertiary/aromatic N) is 1. The Morgan fingerprint density at radius 2 is 1.76 bits per heavy atom. The molecule has 8 heteroatoms. The number of rotatable bonds is 7. The number of aryl methyl sites for hydroxylation is 3. The molecule has 1 aliphatic carbocycles. The van der Waals surface area contributed by atoms with Gasteiger partial charge in [0.05, 0.1) is 29.7 Å². The normalized spacial score (nSPS) is 18.8. The van der Waals surface area contributed by atoms with E-state index in [1.807, 2.05) is 42.2 Å². The van der Waals surface area contributed by atoms with E-state index in [-0.39, 0.29) is 17.4 Å². The van der Waals surface area contributed by atoms with E-state index >= 15 is 0 Å². The van der Waals surface area contributed by atoms with Crippen LogP contribution in [0.2, 0.25) is 0 Å². The van der Waals surface area contributed by atoms with Crippen molar-refractivity contribution in [3.63, 3.8) is 0 Å². The number of sulfone groups is 1. The summed E-state index contributed by atoms with van der Waals surface area (Å²) >= 11 is 0. The maximum absolute atomic E-state index is 13.9. The van der Waals surface area contributed by atoms with E-state index in [2.05, 4.69) is 37.4 Å². The van der Waals surface area contributed by atoms with E-state index in [0.29, 0.717) is 24.6 Å². The molecule has 1 aliphatic heterocycles. The molecule has 1 saturated heterocycles. The van der Waals surface area contributed by atoms with Crippen molar-refractivity contribution in [2.45, 2.75) is 45.1 Å². The Morgan fingerprint density at radius 1 is 1.03 bits per heavy atom. The zero-order valence-electron chi connectivity index (χ0n) is 21.8. The van der Waals surface area contributed by atoms with Crippen molar-refractivity contribution in [2.24, 2.45) is 0 Å². The van der Waals surface area contributed by atoms with Gasteiger partial charge in [0.25, 0.3) is 0 Å². The molecule has 2 aromatic carbocycles. The van der Waals surface area contributed by atoms with Crippen LogP contribution in [0, 0.1) is 20.8 Å². The van der Waals surface area contributed by atoms with Crippen molar-refractivity contribution in [3.05, 3.63) is 82.3 Å². The number of carbonyl (C=O) groups is 1. The SMILES string of the molecule is COc1ccc(C2(C(=O)NC(c3ccc(C)o3)c3ccc(C)cc3C)CC2)cc1N1CCS(=O)(=O)CC1. The molecule has 0 spiro atoms. The number of carbonyl (C=O) groups excluding carboxylic acids is 1. The van der Waals surface area contributed by atoms with Crippen LogP contribution in [0.1, 0.15) is 52.7 Å². The van der Waals surface area contributed by atoms with Crippen LogP contribution in [-0.4, -0.2) is 46.0 Å². The smallest absolute Gasteiger partial charge is 0.231 e. The molecule has 3 aromatic rings. The highest BCUT2D eigenvalue weighted by Crippen LogP contribution is 2.50. The van der Waals surface area contributed by atoms with Crippen LogP contribution in [-0.2, 0) is 20.0 Å². The fourth-order valence-corrected chi connectivity index (χ4v) is 6.49. The number of anilines is 1. The van der Waals surface area contributed by atoms with Crippen LogP contribution in [0.4, 0.5) is 5.69 Å². The summed E-state index contributed by atoms with van der Waals surface area (Å²) in [4.78, 5) is 16.0. The molecule has 0 bridgehead atoms. The van der Waals surface area contributed by atoms with Gasteiger partial charge >= 0.3 is 0 Å². The van der Waals surface area contributed by atoms with Crippen molar-refractivity contribution in [1.82, 2.24) is 5.32 Å². The van der Waals surface area contributed by atoms with E-state index < -0.39 is 21.3 Å². The summed E-state index contributed by atoms with van der Waals surface area (Å²) in [5, 5.41) is 3.31. The van der Waals surface area contributed by atoms with Gasteiger partial charge in [-0.1, -0.05) is 29.8 Å². The Morgan fingerprint density at radius 3 is 2.35 bits per heavy atom. The molecule has 1 amide bonds. The first-order valence-corrected chi connectivity index (χ1v) is 14.5. The summed E-state index contributed by atoms with van der Waals surface area (Å²) in [7, 11) is -1.40. The van der Waals surface area contributed by atoms with Crippen molar-refractivity contribution in [2.75, 3.05) is 36.6 Å². The maximum atomic E-state index is 13.9. The molecule has 37 heavy (non-hydrogen) atoms. The summed E-state index contributed by atoms with van der Waals surface area (Å²) < 4.78 is 35.5. The highest BCUT2D eigenvalue weighted by molar-refractivity contribution is 7.91. The number of methoxy groups -OCH3 is 1.